The summed E-state index contributed by atoms with van der Waals surface area (Å²) in [5.74, 6) is 0.550. The summed E-state index contributed by atoms with van der Waals surface area (Å²) in [6, 6.07) is 8.14. The topological polar surface area (TPSA) is 21.3 Å². The van der Waals surface area contributed by atoms with E-state index in [4.69, 9.17) is 16.3 Å². The van der Waals surface area contributed by atoms with Crippen LogP contribution in [0.5, 0.6) is 0 Å². The van der Waals surface area contributed by atoms with Crippen molar-refractivity contribution in [3.8, 4) is 0 Å². The molecule has 0 saturated carbocycles. The van der Waals surface area contributed by atoms with Crippen LogP contribution in [0.25, 0.3) is 0 Å². The molecule has 1 N–H and O–H groups in total. The highest BCUT2D eigenvalue weighted by Crippen LogP contribution is 2.18. The standard InChI is InChI=1S/C12H16ClNO/c13-8-10-4-1-2-6-12(10)14-9-11-5-3-7-15-11/h1-2,4,6,11,14H,3,5,7-9H2. The average molecular weight is 226 g/mol. The van der Waals surface area contributed by atoms with E-state index in [1.807, 2.05) is 18.2 Å². The summed E-state index contributed by atoms with van der Waals surface area (Å²) in [6.07, 6.45) is 2.72. The van der Waals surface area contributed by atoms with Gasteiger partial charge < -0.3 is 10.1 Å². The normalized spacial score (nSPS) is 20.5. The lowest BCUT2D eigenvalue weighted by Crippen LogP contribution is -2.18. The maximum Gasteiger partial charge on any atom is 0.0748 e. The predicted octanol–water partition coefficient (Wildman–Crippen LogP) is 3.02. The van der Waals surface area contributed by atoms with Crippen molar-refractivity contribution in [1.82, 2.24) is 0 Å². The molecule has 1 aliphatic rings. The summed E-state index contributed by atoms with van der Waals surface area (Å²) in [4.78, 5) is 0. The van der Waals surface area contributed by atoms with E-state index in [2.05, 4.69) is 11.4 Å². The SMILES string of the molecule is ClCc1ccccc1NCC1CCCO1. The van der Waals surface area contributed by atoms with Gasteiger partial charge in [-0.25, -0.2) is 0 Å². The molecule has 1 saturated heterocycles. The van der Waals surface area contributed by atoms with Crippen molar-refractivity contribution < 1.29 is 4.74 Å². The minimum atomic E-state index is 0.369. The van der Waals surface area contributed by atoms with Gasteiger partial charge in [-0.2, -0.15) is 0 Å². The molecule has 0 aromatic heterocycles. The average Bonchev–Trinajstić information content (AvgIpc) is 2.79. The number of para-hydroxylation sites is 1. The van der Waals surface area contributed by atoms with Gasteiger partial charge in [-0.05, 0) is 24.5 Å². The lowest BCUT2D eigenvalue weighted by Gasteiger charge is -2.14. The van der Waals surface area contributed by atoms with Gasteiger partial charge in [0, 0.05) is 24.7 Å². The van der Waals surface area contributed by atoms with Crippen LogP contribution in [0.1, 0.15) is 18.4 Å². The first-order chi connectivity index (χ1) is 7.40. The van der Waals surface area contributed by atoms with E-state index in [0.29, 0.717) is 12.0 Å². The molecule has 1 aromatic rings. The van der Waals surface area contributed by atoms with Gasteiger partial charge in [0.05, 0.1) is 6.10 Å². The molecule has 3 heteroatoms. The van der Waals surface area contributed by atoms with Crippen molar-refractivity contribution >= 4 is 17.3 Å². The number of rotatable bonds is 4. The Kier molecular flexibility index (Phi) is 3.87. The minimum absolute atomic E-state index is 0.369. The highest BCUT2D eigenvalue weighted by atomic mass is 35.5. The van der Waals surface area contributed by atoms with Crippen LogP contribution in [-0.4, -0.2) is 19.3 Å². The molecular formula is C12H16ClNO. The summed E-state index contributed by atoms with van der Waals surface area (Å²) in [5.41, 5.74) is 2.28. The molecule has 0 spiro atoms. The quantitative estimate of drug-likeness (QED) is 0.796. The van der Waals surface area contributed by atoms with Crippen LogP contribution in [0.3, 0.4) is 0 Å². The number of benzene rings is 1. The van der Waals surface area contributed by atoms with Crippen molar-refractivity contribution in [2.45, 2.75) is 24.8 Å². The summed E-state index contributed by atoms with van der Waals surface area (Å²) >= 11 is 5.86. The number of ether oxygens (including phenoxy) is 1. The summed E-state index contributed by atoms with van der Waals surface area (Å²) in [6.45, 7) is 1.79. The van der Waals surface area contributed by atoms with Gasteiger partial charge in [-0.1, -0.05) is 18.2 Å². The maximum absolute atomic E-state index is 5.86. The van der Waals surface area contributed by atoms with E-state index in [-0.39, 0.29) is 0 Å². The summed E-state index contributed by atoms with van der Waals surface area (Å²) in [7, 11) is 0. The van der Waals surface area contributed by atoms with Crippen molar-refractivity contribution in [2.24, 2.45) is 0 Å². The molecule has 2 nitrogen and oxygen atoms in total. The summed E-state index contributed by atoms with van der Waals surface area (Å²) in [5, 5.41) is 3.40. The Labute approximate surface area is 95.6 Å². The van der Waals surface area contributed by atoms with Crippen molar-refractivity contribution in [3.05, 3.63) is 29.8 Å². The molecule has 0 bridgehead atoms. The Morgan fingerprint density at radius 3 is 3.00 bits per heavy atom. The molecule has 1 aromatic carbocycles. The Hall–Kier alpha value is -0.730. The fourth-order valence-corrected chi connectivity index (χ4v) is 2.07. The van der Waals surface area contributed by atoms with E-state index in [1.165, 1.54) is 6.42 Å². The van der Waals surface area contributed by atoms with E-state index < -0.39 is 0 Å². The van der Waals surface area contributed by atoms with Crippen molar-refractivity contribution in [3.63, 3.8) is 0 Å². The Balaban J connectivity index is 1.91. The molecule has 0 amide bonds. The highest BCUT2D eigenvalue weighted by Gasteiger charge is 2.15. The third-order valence-electron chi connectivity index (χ3n) is 2.71. The smallest absolute Gasteiger partial charge is 0.0748 e. The largest absolute Gasteiger partial charge is 0.382 e. The molecule has 1 atom stereocenters. The lowest BCUT2D eigenvalue weighted by molar-refractivity contribution is 0.120. The molecule has 2 rings (SSSR count). The van der Waals surface area contributed by atoms with Crippen molar-refractivity contribution in [2.75, 3.05) is 18.5 Å². The Morgan fingerprint density at radius 2 is 2.27 bits per heavy atom. The van der Waals surface area contributed by atoms with Crippen LogP contribution in [-0.2, 0) is 10.6 Å². The first-order valence-corrected chi connectivity index (χ1v) is 5.93. The fourth-order valence-electron chi connectivity index (χ4n) is 1.84. The second kappa shape index (κ2) is 5.38. The Bertz CT molecular complexity index is 310. The molecule has 1 fully saturated rings. The van der Waals surface area contributed by atoms with Crippen LogP contribution in [0, 0.1) is 0 Å². The third kappa shape index (κ3) is 2.86. The minimum Gasteiger partial charge on any atom is -0.382 e. The molecular weight excluding hydrogens is 210 g/mol. The predicted molar refractivity (Wildman–Crippen MR) is 63.5 cm³/mol. The second-order valence-corrected chi connectivity index (χ2v) is 4.07. The number of hydrogen-bond acceptors (Lipinski definition) is 2. The van der Waals surface area contributed by atoms with Crippen LogP contribution in [0.2, 0.25) is 0 Å². The van der Waals surface area contributed by atoms with Gasteiger partial charge in [0.1, 0.15) is 0 Å². The number of halogens is 1. The van der Waals surface area contributed by atoms with Gasteiger partial charge >= 0.3 is 0 Å². The molecule has 1 heterocycles. The zero-order valence-corrected chi connectivity index (χ0v) is 9.46. The van der Waals surface area contributed by atoms with Crippen LogP contribution < -0.4 is 5.32 Å². The molecule has 1 aliphatic heterocycles. The molecule has 15 heavy (non-hydrogen) atoms. The van der Waals surface area contributed by atoms with Gasteiger partial charge in [0.15, 0.2) is 0 Å². The Morgan fingerprint density at radius 1 is 1.40 bits per heavy atom. The van der Waals surface area contributed by atoms with Crippen LogP contribution in [0.4, 0.5) is 5.69 Å². The lowest BCUT2D eigenvalue weighted by atomic mass is 10.2. The van der Waals surface area contributed by atoms with Gasteiger partial charge in [0.2, 0.25) is 0 Å². The number of alkyl halides is 1. The number of nitrogens with one attached hydrogen (secondary N) is 1. The van der Waals surface area contributed by atoms with Crippen LogP contribution >= 0.6 is 11.6 Å². The second-order valence-electron chi connectivity index (χ2n) is 3.81. The highest BCUT2D eigenvalue weighted by molar-refractivity contribution is 6.17. The molecule has 0 aliphatic carbocycles. The molecule has 1 unspecified atom stereocenters. The van der Waals surface area contributed by atoms with E-state index in [0.717, 1.165) is 30.8 Å². The molecule has 82 valence electrons. The van der Waals surface area contributed by atoms with E-state index in [9.17, 15) is 0 Å². The van der Waals surface area contributed by atoms with E-state index in [1.54, 1.807) is 0 Å². The monoisotopic (exact) mass is 225 g/mol. The zero-order valence-electron chi connectivity index (χ0n) is 8.71. The van der Waals surface area contributed by atoms with Gasteiger partial charge in [-0.15, -0.1) is 11.6 Å². The van der Waals surface area contributed by atoms with Gasteiger partial charge in [0.25, 0.3) is 0 Å². The first-order valence-electron chi connectivity index (χ1n) is 5.39. The van der Waals surface area contributed by atoms with Crippen LogP contribution in [0.15, 0.2) is 24.3 Å². The number of hydrogen-bond donors (Lipinski definition) is 1. The fraction of sp³-hybridized carbons (Fsp3) is 0.500. The summed E-state index contributed by atoms with van der Waals surface area (Å²) < 4.78 is 5.55. The maximum atomic E-state index is 5.86. The molecule has 0 radical (unpaired) electrons. The zero-order chi connectivity index (χ0) is 10.5. The third-order valence-corrected chi connectivity index (χ3v) is 2.99. The van der Waals surface area contributed by atoms with Crippen molar-refractivity contribution in [1.29, 1.82) is 0 Å². The van der Waals surface area contributed by atoms with Gasteiger partial charge in [-0.3, -0.25) is 0 Å². The number of anilines is 1. The van der Waals surface area contributed by atoms with E-state index >= 15 is 0 Å². The first kappa shape index (κ1) is 10.8.